The van der Waals surface area contributed by atoms with Gasteiger partial charge in [0.1, 0.15) is 13.2 Å². The van der Waals surface area contributed by atoms with E-state index >= 15 is 0 Å². The van der Waals surface area contributed by atoms with Crippen LogP contribution in [-0.4, -0.2) is 67.8 Å². The first-order valence-corrected chi connectivity index (χ1v) is 9.23. The first-order valence-electron chi connectivity index (χ1n) is 9.23. The molecule has 0 bridgehead atoms. The second-order valence-corrected chi connectivity index (χ2v) is 7.06. The molecule has 6 heteroatoms. The molecule has 4 rings (SSSR count). The minimum Gasteiger partial charge on any atom is -0.486 e. The summed E-state index contributed by atoms with van der Waals surface area (Å²) in [7, 11) is 0. The molecule has 6 nitrogen and oxygen atoms in total. The van der Waals surface area contributed by atoms with Gasteiger partial charge in [0, 0.05) is 19.6 Å². The number of hydrogen-bond donors (Lipinski definition) is 0. The lowest BCUT2D eigenvalue weighted by Gasteiger charge is -2.33. The number of carbonyl (C=O) groups is 1. The quantitative estimate of drug-likeness (QED) is 0.836. The number of nitrogens with zero attached hydrogens (tertiary/aromatic N) is 2. The lowest BCUT2D eigenvalue weighted by atomic mass is 10.0. The summed E-state index contributed by atoms with van der Waals surface area (Å²) in [6, 6.07) is 6.22. The van der Waals surface area contributed by atoms with Gasteiger partial charge in [0.2, 0.25) is 5.91 Å². The Hall–Kier alpha value is -1.79. The topological polar surface area (TPSA) is 51.2 Å². The number of fused-ring (bicyclic) bond motifs is 1. The lowest BCUT2D eigenvalue weighted by molar-refractivity contribution is -0.135. The van der Waals surface area contributed by atoms with Crippen molar-refractivity contribution in [3.05, 3.63) is 23.8 Å². The summed E-state index contributed by atoms with van der Waals surface area (Å²) in [6.45, 7) is 6.92. The molecule has 136 valence electrons. The van der Waals surface area contributed by atoms with Crippen LogP contribution in [0.2, 0.25) is 0 Å². The van der Waals surface area contributed by atoms with Gasteiger partial charge in [-0.15, -0.1) is 0 Å². The smallest absolute Gasteiger partial charge is 0.237 e. The van der Waals surface area contributed by atoms with E-state index in [1.54, 1.807) is 0 Å². The molecule has 0 spiro atoms. The Morgan fingerprint density at radius 3 is 2.84 bits per heavy atom. The minimum absolute atomic E-state index is 0.141. The Morgan fingerprint density at radius 1 is 1.16 bits per heavy atom. The van der Waals surface area contributed by atoms with Crippen molar-refractivity contribution >= 4 is 5.91 Å². The van der Waals surface area contributed by atoms with Gasteiger partial charge >= 0.3 is 0 Å². The van der Waals surface area contributed by atoms with Gasteiger partial charge in [-0.05, 0) is 37.5 Å². The number of hydrogen-bond acceptors (Lipinski definition) is 5. The van der Waals surface area contributed by atoms with E-state index in [9.17, 15) is 4.79 Å². The standard InChI is InChI=1S/C19H26N2O4/c1-14-12-20(7-8-23-14)13-19(22)21-6-2-3-16(21)15-4-5-17-18(11-15)25-10-9-24-17/h4-5,11,14,16H,2-3,6-10,12-13H2,1H3. The summed E-state index contributed by atoms with van der Waals surface area (Å²) >= 11 is 0. The van der Waals surface area contributed by atoms with Crippen LogP contribution >= 0.6 is 0 Å². The van der Waals surface area contributed by atoms with Gasteiger partial charge in [-0.2, -0.15) is 0 Å². The molecule has 2 fully saturated rings. The average Bonchev–Trinajstić information content (AvgIpc) is 3.11. The molecule has 3 aliphatic rings. The normalized spacial score (nSPS) is 26.7. The summed E-state index contributed by atoms with van der Waals surface area (Å²) in [5.41, 5.74) is 1.14. The van der Waals surface area contributed by atoms with Gasteiger partial charge in [-0.25, -0.2) is 0 Å². The molecular formula is C19H26N2O4. The zero-order valence-electron chi connectivity index (χ0n) is 14.8. The Labute approximate surface area is 148 Å². The van der Waals surface area contributed by atoms with E-state index < -0.39 is 0 Å². The second kappa shape index (κ2) is 7.22. The average molecular weight is 346 g/mol. The van der Waals surface area contributed by atoms with Crippen molar-refractivity contribution in [3.8, 4) is 11.5 Å². The van der Waals surface area contributed by atoms with E-state index in [2.05, 4.69) is 17.9 Å². The first-order chi connectivity index (χ1) is 12.2. The third kappa shape index (κ3) is 3.60. The fourth-order valence-corrected chi connectivity index (χ4v) is 4.00. The monoisotopic (exact) mass is 346 g/mol. The maximum absolute atomic E-state index is 12.9. The van der Waals surface area contributed by atoms with Crippen LogP contribution in [0.15, 0.2) is 18.2 Å². The molecule has 3 aliphatic heterocycles. The molecule has 1 amide bonds. The fourth-order valence-electron chi connectivity index (χ4n) is 4.00. The molecule has 0 aliphatic carbocycles. The molecule has 2 unspecified atom stereocenters. The van der Waals surface area contributed by atoms with Gasteiger partial charge in [0.15, 0.2) is 11.5 Å². The zero-order chi connectivity index (χ0) is 17.2. The molecule has 0 aromatic heterocycles. The van der Waals surface area contributed by atoms with Crippen molar-refractivity contribution in [2.24, 2.45) is 0 Å². The number of morpholine rings is 1. The van der Waals surface area contributed by atoms with Crippen molar-refractivity contribution in [3.63, 3.8) is 0 Å². The van der Waals surface area contributed by atoms with Crippen LogP contribution in [0.4, 0.5) is 0 Å². The van der Waals surface area contributed by atoms with Gasteiger partial charge < -0.3 is 19.1 Å². The predicted octanol–water partition coefficient (Wildman–Crippen LogP) is 1.84. The van der Waals surface area contributed by atoms with E-state index in [4.69, 9.17) is 14.2 Å². The largest absolute Gasteiger partial charge is 0.486 e. The molecule has 1 aromatic rings. The van der Waals surface area contributed by atoms with Crippen LogP contribution in [-0.2, 0) is 9.53 Å². The van der Waals surface area contributed by atoms with Gasteiger partial charge in [-0.3, -0.25) is 9.69 Å². The van der Waals surface area contributed by atoms with Crippen LogP contribution in [0.1, 0.15) is 31.4 Å². The number of carbonyl (C=O) groups excluding carboxylic acids is 1. The Morgan fingerprint density at radius 2 is 2.00 bits per heavy atom. The Balaban J connectivity index is 1.45. The summed E-state index contributed by atoms with van der Waals surface area (Å²) in [4.78, 5) is 17.1. The Bertz CT molecular complexity index is 636. The summed E-state index contributed by atoms with van der Waals surface area (Å²) in [5.74, 6) is 1.81. The van der Waals surface area contributed by atoms with Crippen molar-refractivity contribution in [2.45, 2.75) is 31.9 Å². The summed E-state index contributed by atoms with van der Waals surface area (Å²) < 4.78 is 16.9. The summed E-state index contributed by atoms with van der Waals surface area (Å²) in [5, 5.41) is 0. The number of rotatable bonds is 3. The van der Waals surface area contributed by atoms with Crippen LogP contribution in [0.25, 0.3) is 0 Å². The Kier molecular flexibility index (Phi) is 4.81. The number of benzene rings is 1. The van der Waals surface area contributed by atoms with E-state index in [1.165, 1.54) is 0 Å². The first kappa shape index (κ1) is 16.7. The third-order valence-corrected chi connectivity index (χ3v) is 5.21. The molecule has 25 heavy (non-hydrogen) atoms. The minimum atomic E-state index is 0.141. The number of amides is 1. The fraction of sp³-hybridized carbons (Fsp3) is 0.632. The highest BCUT2D eigenvalue weighted by Gasteiger charge is 2.32. The SMILES string of the molecule is CC1CN(CC(=O)N2CCCC2c2ccc3c(c2)OCCO3)CCO1. The molecule has 0 radical (unpaired) electrons. The van der Waals surface area contributed by atoms with Crippen molar-refractivity contribution in [2.75, 3.05) is 46.0 Å². The zero-order valence-corrected chi connectivity index (χ0v) is 14.8. The molecule has 3 heterocycles. The highest BCUT2D eigenvalue weighted by molar-refractivity contribution is 5.79. The van der Waals surface area contributed by atoms with Crippen LogP contribution in [0, 0.1) is 0 Å². The van der Waals surface area contributed by atoms with Crippen LogP contribution < -0.4 is 9.47 Å². The lowest BCUT2D eigenvalue weighted by Crippen LogP contribution is -2.47. The van der Waals surface area contributed by atoms with E-state index in [1.807, 2.05) is 17.0 Å². The highest BCUT2D eigenvalue weighted by Crippen LogP contribution is 2.38. The molecule has 1 aromatic carbocycles. The molecule has 2 saturated heterocycles. The van der Waals surface area contributed by atoms with E-state index in [0.717, 1.165) is 49.5 Å². The van der Waals surface area contributed by atoms with Crippen molar-refractivity contribution in [1.29, 1.82) is 0 Å². The van der Waals surface area contributed by atoms with Crippen LogP contribution in [0.3, 0.4) is 0 Å². The van der Waals surface area contributed by atoms with E-state index in [0.29, 0.717) is 26.4 Å². The second-order valence-electron chi connectivity index (χ2n) is 7.06. The van der Waals surface area contributed by atoms with Gasteiger partial charge in [0.05, 0.1) is 25.3 Å². The number of ether oxygens (including phenoxy) is 3. The van der Waals surface area contributed by atoms with Crippen LogP contribution in [0.5, 0.6) is 11.5 Å². The van der Waals surface area contributed by atoms with Crippen molar-refractivity contribution in [1.82, 2.24) is 9.80 Å². The molecule has 0 saturated carbocycles. The molecule has 0 N–H and O–H groups in total. The van der Waals surface area contributed by atoms with Gasteiger partial charge in [0.25, 0.3) is 0 Å². The van der Waals surface area contributed by atoms with Gasteiger partial charge in [-0.1, -0.05) is 6.07 Å². The predicted molar refractivity (Wildman–Crippen MR) is 93.0 cm³/mol. The molecular weight excluding hydrogens is 320 g/mol. The van der Waals surface area contributed by atoms with E-state index in [-0.39, 0.29) is 18.1 Å². The maximum atomic E-state index is 12.9. The molecule has 2 atom stereocenters. The third-order valence-electron chi connectivity index (χ3n) is 5.21. The number of likely N-dealkylation sites (tertiary alicyclic amines) is 1. The van der Waals surface area contributed by atoms with Crippen molar-refractivity contribution < 1.29 is 19.0 Å². The summed E-state index contributed by atoms with van der Waals surface area (Å²) in [6.07, 6.45) is 2.25. The maximum Gasteiger partial charge on any atom is 0.237 e. The highest BCUT2D eigenvalue weighted by atomic mass is 16.6.